The molecule has 3 aromatic carbocycles. The van der Waals surface area contributed by atoms with Gasteiger partial charge < -0.3 is 14.8 Å². The Balaban J connectivity index is 1.94. The van der Waals surface area contributed by atoms with Crippen LogP contribution in [-0.2, 0) is 14.8 Å². The molecule has 0 saturated carbocycles. The second-order valence-corrected chi connectivity index (χ2v) is 9.69. The average molecular weight is 487 g/mol. The molecule has 0 heterocycles. The Bertz CT molecular complexity index is 1240. The SMILES string of the molecule is COc1ccc(S(=O)(=O)N(CC(=O)Nc2ccc(C(C)C)cc2)c2ccc(F)cc2)cc1OC. The number of benzene rings is 3. The first-order valence-electron chi connectivity index (χ1n) is 10.6. The molecule has 3 aromatic rings. The van der Waals surface area contributed by atoms with Crippen molar-refractivity contribution < 1.29 is 27.1 Å². The number of anilines is 2. The van der Waals surface area contributed by atoms with E-state index >= 15 is 0 Å². The number of hydrogen-bond acceptors (Lipinski definition) is 5. The first-order chi connectivity index (χ1) is 16.1. The largest absolute Gasteiger partial charge is 0.493 e. The van der Waals surface area contributed by atoms with Crippen LogP contribution >= 0.6 is 0 Å². The summed E-state index contributed by atoms with van der Waals surface area (Å²) < 4.78 is 51.9. The number of carbonyl (C=O) groups is 1. The minimum atomic E-state index is -4.22. The molecule has 3 rings (SSSR count). The van der Waals surface area contributed by atoms with Gasteiger partial charge in [-0.05, 0) is 60.0 Å². The Hall–Kier alpha value is -3.59. The topological polar surface area (TPSA) is 84.9 Å². The summed E-state index contributed by atoms with van der Waals surface area (Å²) in [6.45, 7) is 3.61. The molecule has 0 saturated heterocycles. The Morgan fingerprint density at radius 1 is 0.941 bits per heavy atom. The quantitative estimate of drug-likeness (QED) is 0.470. The minimum absolute atomic E-state index is 0.108. The van der Waals surface area contributed by atoms with Gasteiger partial charge >= 0.3 is 0 Å². The molecule has 0 aliphatic carbocycles. The zero-order chi connectivity index (χ0) is 24.9. The van der Waals surface area contributed by atoms with E-state index in [0.717, 1.165) is 22.0 Å². The van der Waals surface area contributed by atoms with Gasteiger partial charge in [0.25, 0.3) is 10.0 Å². The van der Waals surface area contributed by atoms with Gasteiger partial charge in [0.05, 0.1) is 24.8 Å². The number of methoxy groups -OCH3 is 2. The van der Waals surface area contributed by atoms with E-state index in [2.05, 4.69) is 19.2 Å². The molecule has 0 fully saturated rings. The van der Waals surface area contributed by atoms with Crippen molar-refractivity contribution in [2.75, 3.05) is 30.4 Å². The Morgan fingerprint density at radius 3 is 2.12 bits per heavy atom. The fourth-order valence-corrected chi connectivity index (χ4v) is 4.75. The Kier molecular flexibility index (Phi) is 7.78. The summed E-state index contributed by atoms with van der Waals surface area (Å²) >= 11 is 0. The van der Waals surface area contributed by atoms with Crippen LogP contribution in [0, 0.1) is 5.82 Å². The van der Waals surface area contributed by atoms with Crippen molar-refractivity contribution in [3.8, 4) is 11.5 Å². The summed E-state index contributed by atoms with van der Waals surface area (Å²) in [6.07, 6.45) is 0. The average Bonchev–Trinajstić information content (AvgIpc) is 2.83. The lowest BCUT2D eigenvalue weighted by atomic mass is 10.0. The zero-order valence-electron chi connectivity index (χ0n) is 19.4. The summed E-state index contributed by atoms with van der Waals surface area (Å²) in [7, 11) is -1.38. The summed E-state index contributed by atoms with van der Waals surface area (Å²) in [5.74, 6) is -0.160. The van der Waals surface area contributed by atoms with Crippen molar-refractivity contribution in [2.24, 2.45) is 0 Å². The van der Waals surface area contributed by atoms with Crippen LogP contribution in [0.25, 0.3) is 0 Å². The van der Waals surface area contributed by atoms with E-state index in [-0.39, 0.29) is 16.3 Å². The lowest BCUT2D eigenvalue weighted by Gasteiger charge is -2.24. The Morgan fingerprint density at radius 2 is 1.56 bits per heavy atom. The zero-order valence-corrected chi connectivity index (χ0v) is 20.2. The molecule has 7 nitrogen and oxygen atoms in total. The van der Waals surface area contributed by atoms with Crippen molar-refractivity contribution in [3.05, 3.63) is 78.1 Å². The first-order valence-corrected chi connectivity index (χ1v) is 12.0. The van der Waals surface area contributed by atoms with E-state index in [9.17, 15) is 17.6 Å². The van der Waals surface area contributed by atoms with E-state index < -0.39 is 28.3 Å². The van der Waals surface area contributed by atoms with Gasteiger partial charge in [-0.1, -0.05) is 26.0 Å². The van der Waals surface area contributed by atoms with Gasteiger partial charge in [-0.2, -0.15) is 0 Å². The number of rotatable bonds is 9. The van der Waals surface area contributed by atoms with E-state index in [1.54, 1.807) is 12.1 Å². The lowest BCUT2D eigenvalue weighted by molar-refractivity contribution is -0.114. The van der Waals surface area contributed by atoms with Crippen LogP contribution < -0.4 is 19.1 Å². The minimum Gasteiger partial charge on any atom is -0.493 e. The third kappa shape index (κ3) is 5.66. The van der Waals surface area contributed by atoms with E-state index in [0.29, 0.717) is 17.4 Å². The highest BCUT2D eigenvalue weighted by atomic mass is 32.2. The van der Waals surface area contributed by atoms with Gasteiger partial charge in [0.15, 0.2) is 11.5 Å². The predicted octanol–water partition coefficient (Wildman–Crippen LogP) is 4.80. The number of halogens is 1. The summed E-state index contributed by atoms with van der Waals surface area (Å²) in [5, 5.41) is 2.72. The maximum atomic E-state index is 13.5. The van der Waals surface area contributed by atoms with Crippen LogP contribution in [0.1, 0.15) is 25.3 Å². The molecule has 34 heavy (non-hydrogen) atoms. The number of hydrogen-bond donors (Lipinski definition) is 1. The number of ether oxygens (including phenoxy) is 2. The molecule has 0 unspecified atom stereocenters. The maximum Gasteiger partial charge on any atom is 0.264 e. The van der Waals surface area contributed by atoms with Crippen LogP contribution in [0.4, 0.5) is 15.8 Å². The fourth-order valence-electron chi connectivity index (χ4n) is 3.31. The molecule has 0 aromatic heterocycles. The molecule has 1 N–H and O–H groups in total. The molecular weight excluding hydrogens is 459 g/mol. The molecule has 0 aliphatic heterocycles. The molecule has 0 bridgehead atoms. The molecule has 1 amide bonds. The predicted molar refractivity (Wildman–Crippen MR) is 130 cm³/mol. The van der Waals surface area contributed by atoms with Crippen LogP contribution in [0.5, 0.6) is 11.5 Å². The molecular formula is C25H27FN2O5S. The summed E-state index contributed by atoms with van der Waals surface area (Å²) in [6, 6.07) is 16.3. The second-order valence-electron chi connectivity index (χ2n) is 7.83. The van der Waals surface area contributed by atoms with Crippen LogP contribution in [0.2, 0.25) is 0 Å². The first kappa shape index (κ1) is 25.0. The van der Waals surface area contributed by atoms with Gasteiger partial charge in [0.2, 0.25) is 5.91 Å². The van der Waals surface area contributed by atoms with Crippen molar-refractivity contribution >= 4 is 27.3 Å². The highest BCUT2D eigenvalue weighted by molar-refractivity contribution is 7.92. The van der Waals surface area contributed by atoms with Crippen LogP contribution in [0.3, 0.4) is 0 Å². The smallest absolute Gasteiger partial charge is 0.264 e. The van der Waals surface area contributed by atoms with Crippen LogP contribution in [-0.4, -0.2) is 35.1 Å². The lowest BCUT2D eigenvalue weighted by Crippen LogP contribution is -2.38. The summed E-state index contributed by atoms with van der Waals surface area (Å²) in [5.41, 5.74) is 1.79. The van der Waals surface area contributed by atoms with Gasteiger partial charge in [-0.15, -0.1) is 0 Å². The van der Waals surface area contributed by atoms with Crippen molar-refractivity contribution in [1.29, 1.82) is 0 Å². The monoisotopic (exact) mass is 486 g/mol. The van der Waals surface area contributed by atoms with E-state index in [1.165, 1.54) is 44.6 Å². The van der Waals surface area contributed by atoms with E-state index in [1.807, 2.05) is 12.1 Å². The second kappa shape index (κ2) is 10.6. The normalized spacial score (nSPS) is 11.2. The van der Waals surface area contributed by atoms with Crippen molar-refractivity contribution in [3.63, 3.8) is 0 Å². The number of nitrogens with one attached hydrogen (secondary N) is 1. The fraction of sp³-hybridized carbons (Fsp3) is 0.240. The third-order valence-corrected chi connectivity index (χ3v) is 6.98. The highest BCUT2D eigenvalue weighted by Gasteiger charge is 2.28. The molecule has 0 spiro atoms. The number of carbonyl (C=O) groups excluding carboxylic acids is 1. The number of amides is 1. The molecule has 0 aliphatic rings. The third-order valence-electron chi connectivity index (χ3n) is 5.21. The Labute approximate surface area is 199 Å². The molecule has 0 radical (unpaired) electrons. The number of nitrogens with zero attached hydrogens (tertiary/aromatic N) is 1. The van der Waals surface area contributed by atoms with Gasteiger partial charge in [0.1, 0.15) is 12.4 Å². The van der Waals surface area contributed by atoms with Gasteiger partial charge in [0, 0.05) is 11.8 Å². The number of sulfonamides is 1. The van der Waals surface area contributed by atoms with Crippen molar-refractivity contribution in [1.82, 2.24) is 0 Å². The van der Waals surface area contributed by atoms with E-state index in [4.69, 9.17) is 9.47 Å². The standard InChI is InChI=1S/C25H27FN2O5S/c1-17(2)18-5-9-20(10-6-18)27-25(29)16-28(21-11-7-19(26)8-12-21)34(30,31)22-13-14-23(32-3)24(15-22)33-4/h5-15,17H,16H2,1-4H3,(H,27,29). The van der Waals surface area contributed by atoms with Gasteiger partial charge in [-0.25, -0.2) is 12.8 Å². The molecule has 9 heteroatoms. The van der Waals surface area contributed by atoms with Crippen molar-refractivity contribution in [2.45, 2.75) is 24.7 Å². The highest BCUT2D eigenvalue weighted by Crippen LogP contribution is 2.32. The van der Waals surface area contributed by atoms with Gasteiger partial charge in [-0.3, -0.25) is 9.10 Å². The van der Waals surface area contributed by atoms with Crippen LogP contribution in [0.15, 0.2) is 71.6 Å². The molecule has 180 valence electrons. The summed E-state index contributed by atoms with van der Waals surface area (Å²) in [4.78, 5) is 12.7. The maximum absolute atomic E-state index is 13.5. The molecule has 0 atom stereocenters.